The zero-order chi connectivity index (χ0) is 16.9. The molecular weight excluding hydrogens is 408 g/mol. The molecule has 25 heavy (non-hydrogen) atoms. The normalized spacial score (nSPS) is 16.6. The van der Waals surface area contributed by atoms with Crippen molar-refractivity contribution < 1.29 is 13.9 Å². The van der Waals surface area contributed by atoms with Gasteiger partial charge in [0.25, 0.3) is 5.91 Å². The van der Waals surface area contributed by atoms with Crippen molar-refractivity contribution in [3.05, 3.63) is 52.4 Å². The molecule has 2 heterocycles. The molecule has 1 fully saturated rings. The Labute approximate surface area is 162 Å². The Kier molecular flexibility index (Phi) is 7.35. The summed E-state index contributed by atoms with van der Waals surface area (Å²) in [5, 5.41) is 3.17. The molecule has 1 aromatic heterocycles. The second-order valence-corrected chi connectivity index (χ2v) is 6.89. The molecule has 1 unspecified atom stereocenters. The molecule has 1 amide bonds. The monoisotopic (exact) mass is 428 g/mol. The number of rotatable bonds is 6. The highest BCUT2D eigenvalue weighted by Crippen LogP contribution is 2.21. The molecule has 0 bridgehead atoms. The molecule has 3 rings (SSSR count). The summed E-state index contributed by atoms with van der Waals surface area (Å²) in [4.78, 5) is 14.4. The van der Waals surface area contributed by atoms with Crippen LogP contribution in [0.3, 0.4) is 0 Å². The topological polar surface area (TPSA) is 54.7 Å². The van der Waals surface area contributed by atoms with E-state index in [1.165, 1.54) is 0 Å². The maximum Gasteiger partial charge on any atom is 0.289 e. The van der Waals surface area contributed by atoms with Crippen molar-refractivity contribution in [3.8, 4) is 5.75 Å². The lowest BCUT2D eigenvalue weighted by molar-refractivity contribution is 0.0751. The Morgan fingerprint density at radius 2 is 2.24 bits per heavy atom. The number of halogens is 2. The number of ether oxygens (including phenoxy) is 1. The van der Waals surface area contributed by atoms with Crippen molar-refractivity contribution in [2.24, 2.45) is 5.92 Å². The van der Waals surface area contributed by atoms with Gasteiger partial charge in [0.2, 0.25) is 0 Å². The van der Waals surface area contributed by atoms with Gasteiger partial charge in [-0.2, -0.15) is 0 Å². The van der Waals surface area contributed by atoms with Crippen LogP contribution in [0.4, 0.5) is 0 Å². The van der Waals surface area contributed by atoms with Crippen LogP contribution in [0.1, 0.15) is 22.7 Å². The van der Waals surface area contributed by atoms with Crippen molar-refractivity contribution in [1.82, 2.24) is 10.2 Å². The number of hydrogen-bond acceptors (Lipinski definition) is 4. The van der Waals surface area contributed by atoms with Gasteiger partial charge in [0.15, 0.2) is 5.76 Å². The number of nitrogens with one attached hydrogen (secondary N) is 1. The predicted octanol–water partition coefficient (Wildman–Crippen LogP) is 3.72. The minimum Gasteiger partial charge on any atom is -0.486 e. The van der Waals surface area contributed by atoms with Crippen LogP contribution in [-0.2, 0) is 6.61 Å². The first-order valence-corrected chi connectivity index (χ1v) is 8.86. The van der Waals surface area contributed by atoms with Crippen LogP contribution < -0.4 is 10.1 Å². The van der Waals surface area contributed by atoms with Gasteiger partial charge in [-0.1, -0.05) is 22.0 Å². The van der Waals surface area contributed by atoms with E-state index in [1.54, 1.807) is 12.1 Å². The summed E-state index contributed by atoms with van der Waals surface area (Å²) in [5.74, 6) is 2.26. The number of furan rings is 1. The fourth-order valence-electron chi connectivity index (χ4n) is 2.91. The van der Waals surface area contributed by atoms with Gasteiger partial charge in [0, 0.05) is 17.6 Å². The van der Waals surface area contributed by atoms with E-state index in [4.69, 9.17) is 9.15 Å². The summed E-state index contributed by atoms with van der Waals surface area (Å²) >= 11 is 3.41. The van der Waals surface area contributed by atoms with E-state index in [0.717, 1.165) is 36.3 Å². The zero-order valence-electron chi connectivity index (χ0n) is 14.0. The Morgan fingerprint density at radius 1 is 1.40 bits per heavy atom. The van der Waals surface area contributed by atoms with Crippen LogP contribution in [0, 0.1) is 5.92 Å². The number of likely N-dealkylation sites (tertiary alicyclic amines) is 1. The van der Waals surface area contributed by atoms with Gasteiger partial charge in [-0.05, 0) is 56.3 Å². The molecule has 0 aliphatic carbocycles. The van der Waals surface area contributed by atoms with Crippen LogP contribution in [0.15, 0.2) is 45.3 Å². The first-order chi connectivity index (χ1) is 11.7. The van der Waals surface area contributed by atoms with E-state index in [2.05, 4.69) is 21.2 Å². The first kappa shape index (κ1) is 19.8. The lowest BCUT2D eigenvalue weighted by Gasteiger charge is -2.14. The molecule has 1 atom stereocenters. The lowest BCUT2D eigenvalue weighted by Crippen LogP contribution is -2.30. The SMILES string of the molecule is CNCC1CCN(C(=O)c2ccc(COc3cccc(Br)c3)o2)C1.Cl. The molecule has 0 spiro atoms. The molecule has 7 heteroatoms. The summed E-state index contributed by atoms with van der Waals surface area (Å²) in [5.41, 5.74) is 0. The van der Waals surface area contributed by atoms with Crippen molar-refractivity contribution in [2.75, 3.05) is 26.7 Å². The zero-order valence-corrected chi connectivity index (χ0v) is 16.4. The van der Waals surface area contributed by atoms with E-state index >= 15 is 0 Å². The summed E-state index contributed by atoms with van der Waals surface area (Å²) in [7, 11) is 1.94. The van der Waals surface area contributed by atoms with E-state index < -0.39 is 0 Å². The van der Waals surface area contributed by atoms with Crippen molar-refractivity contribution >= 4 is 34.2 Å². The van der Waals surface area contributed by atoms with Crippen molar-refractivity contribution in [2.45, 2.75) is 13.0 Å². The van der Waals surface area contributed by atoms with Crippen LogP contribution in [-0.4, -0.2) is 37.5 Å². The van der Waals surface area contributed by atoms with Gasteiger partial charge in [0.1, 0.15) is 18.1 Å². The van der Waals surface area contributed by atoms with Crippen molar-refractivity contribution in [3.63, 3.8) is 0 Å². The van der Waals surface area contributed by atoms with Gasteiger partial charge in [0.05, 0.1) is 0 Å². The maximum atomic E-state index is 12.5. The third kappa shape index (κ3) is 5.23. The lowest BCUT2D eigenvalue weighted by atomic mass is 10.1. The highest BCUT2D eigenvalue weighted by atomic mass is 79.9. The number of hydrogen-bond donors (Lipinski definition) is 1. The molecule has 1 aliphatic heterocycles. The first-order valence-electron chi connectivity index (χ1n) is 8.06. The van der Waals surface area contributed by atoms with Gasteiger partial charge in [-0.3, -0.25) is 4.79 Å². The summed E-state index contributed by atoms with van der Waals surface area (Å²) in [6, 6.07) is 11.1. The third-order valence-corrected chi connectivity index (χ3v) is 4.61. The van der Waals surface area contributed by atoms with E-state index in [9.17, 15) is 4.79 Å². The van der Waals surface area contributed by atoms with Crippen LogP contribution in [0.25, 0.3) is 0 Å². The van der Waals surface area contributed by atoms with E-state index in [0.29, 0.717) is 24.0 Å². The van der Waals surface area contributed by atoms with Gasteiger partial charge >= 0.3 is 0 Å². The molecular formula is C18H22BrClN2O3. The Balaban J connectivity index is 0.00000225. The average molecular weight is 430 g/mol. The van der Waals surface area contributed by atoms with Gasteiger partial charge in [-0.25, -0.2) is 0 Å². The standard InChI is InChI=1S/C18H21BrN2O3.ClH/c1-20-10-13-7-8-21(11-13)18(22)17-6-5-16(24-17)12-23-15-4-2-3-14(19)9-15;/h2-6,9,13,20H,7-8,10-12H2,1H3;1H. The molecule has 1 saturated heterocycles. The molecule has 0 radical (unpaired) electrons. The summed E-state index contributed by atoms with van der Waals surface area (Å²) in [6.07, 6.45) is 1.03. The maximum absolute atomic E-state index is 12.5. The van der Waals surface area contributed by atoms with E-state index in [-0.39, 0.29) is 18.3 Å². The molecule has 1 aromatic carbocycles. The second kappa shape index (κ2) is 9.27. The van der Waals surface area contributed by atoms with E-state index in [1.807, 2.05) is 36.2 Å². The predicted molar refractivity (Wildman–Crippen MR) is 102 cm³/mol. The number of nitrogens with zero attached hydrogens (tertiary/aromatic N) is 1. The molecule has 136 valence electrons. The highest BCUT2D eigenvalue weighted by Gasteiger charge is 2.28. The average Bonchev–Trinajstić information content (AvgIpc) is 3.22. The third-order valence-electron chi connectivity index (χ3n) is 4.12. The number of carbonyl (C=O) groups is 1. The summed E-state index contributed by atoms with van der Waals surface area (Å²) in [6.45, 7) is 2.81. The Bertz CT molecular complexity index is 707. The largest absolute Gasteiger partial charge is 0.486 e. The minimum absolute atomic E-state index is 0. The second-order valence-electron chi connectivity index (χ2n) is 5.98. The molecule has 2 aromatic rings. The van der Waals surface area contributed by atoms with Crippen LogP contribution in [0.5, 0.6) is 5.75 Å². The van der Waals surface area contributed by atoms with Gasteiger partial charge < -0.3 is 19.4 Å². The number of benzene rings is 1. The van der Waals surface area contributed by atoms with Crippen molar-refractivity contribution in [1.29, 1.82) is 0 Å². The van der Waals surface area contributed by atoms with Gasteiger partial charge in [-0.15, -0.1) is 12.4 Å². The molecule has 5 nitrogen and oxygen atoms in total. The minimum atomic E-state index is -0.0395. The molecule has 1 N–H and O–H groups in total. The molecule has 1 aliphatic rings. The van der Waals surface area contributed by atoms with Crippen LogP contribution in [0.2, 0.25) is 0 Å². The fraction of sp³-hybridized carbons (Fsp3) is 0.389. The Morgan fingerprint density at radius 3 is 3.00 bits per heavy atom. The quantitative estimate of drug-likeness (QED) is 0.760. The Hall–Kier alpha value is -1.50. The smallest absolute Gasteiger partial charge is 0.289 e. The number of amides is 1. The molecule has 0 saturated carbocycles. The number of carbonyl (C=O) groups excluding carboxylic acids is 1. The highest BCUT2D eigenvalue weighted by molar-refractivity contribution is 9.10. The summed E-state index contributed by atoms with van der Waals surface area (Å²) < 4.78 is 12.3. The van der Waals surface area contributed by atoms with Crippen LogP contribution >= 0.6 is 28.3 Å². The fourth-order valence-corrected chi connectivity index (χ4v) is 3.29.